The van der Waals surface area contributed by atoms with E-state index in [0.717, 1.165) is 17.1 Å². The van der Waals surface area contributed by atoms with E-state index in [-0.39, 0.29) is 6.04 Å². The lowest BCUT2D eigenvalue weighted by Gasteiger charge is -2.11. The van der Waals surface area contributed by atoms with Crippen LogP contribution < -0.4 is 10.5 Å². The van der Waals surface area contributed by atoms with E-state index in [9.17, 15) is 4.39 Å². The number of hydrogen-bond donors (Lipinski definition) is 1. The third-order valence-corrected chi connectivity index (χ3v) is 2.71. The van der Waals surface area contributed by atoms with Crippen LogP contribution >= 0.6 is 0 Å². The monoisotopic (exact) mass is 245 g/mol. The van der Waals surface area contributed by atoms with E-state index < -0.39 is 6.67 Å². The van der Waals surface area contributed by atoms with E-state index >= 15 is 0 Å². The molecular weight excluding hydrogens is 229 g/mol. The van der Waals surface area contributed by atoms with Crippen molar-refractivity contribution in [2.45, 2.75) is 12.5 Å². The molecular formula is C15H16FNO. The maximum absolute atomic E-state index is 12.2. The zero-order chi connectivity index (χ0) is 12.8. The first kappa shape index (κ1) is 12.6. The van der Waals surface area contributed by atoms with Crippen LogP contribution in [0.5, 0.6) is 11.5 Å². The minimum atomic E-state index is -0.399. The third kappa shape index (κ3) is 3.31. The predicted octanol–water partition coefficient (Wildman–Crippen LogP) is 3.84. The van der Waals surface area contributed by atoms with Gasteiger partial charge < -0.3 is 10.5 Å². The predicted molar refractivity (Wildman–Crippen MR) is 70.5 cm³/mol. The fourth-order valence-corrected chi connectivity index (χ4v) is 1.69. The summed E-state index contributed by atoms with van der Waals surface area (Å²) in [4.78, 5) is 0. The average molecular weight is 245 g/mol. The first-order valence-corrected chi connectivity index (χ1v) is 5.94. The van der Waals surface area contributed by atoms with Gasteiger partial charge in [0.2, 0.25) is 0 Å². The Morgan fingerprint density at radius 2 is 1.56 bits per heavy atom. The van der Waals surface area contributed by atoms with Crippen molar-refractivity contribution < 1.29 is 9.13 Å². The molecule has 0 unspecified atom stereocenters. The van der Waals surface area contributed by atoms with Crippen molar-refractivity contribution in [2.75, 3.05) is 6.67 Å². The molecule has 0 radical (unpaired) electrons. The highest BCUT2D eigenvalue weighted by Crippen LogP contribution is 2.23. The standard InChI is InChI=1S/C15H16FNO/c16-11-10-15(17)12-6-8-14(9-7-12)18-13-4-2-1-3-5-13/h1-9,15H,10-11,17H2/t15-/m0/s1. The van der Waals surface area contributed by atoms with E-state index in [2.05, 4.69) is 0 Å². The van der Waals surface area contributed by atoms with Crippen molar-refractivity contribution in [1.82, 2.24) is 0 Å². The Balaban J connectivity index is 2.04. The quantitative estimate of drug-likeness (QED) is 0.868. The third-order valence-electron chi connectivity index (χ3n) is 2.71. The van der Waals surface area contributed by atoms with Crippen molar-refractivity contribution in [3.05, 3.63) is 60.2 Å². The Hall–Kier alpha value is -1.87. The molecule has 2 aromatic rings. The molecule has 2 nitrogen and oxygen atoms in total. The van der Waals surface area contributed by atoms with Gasteiger partial charge in [0.25, 0.3) is 0 Å². The van der Waals surface area contributed by atoms with E-state index in [1.807, 2.05) is 54.6 Å². The molecule has 0 aliphatic rings. The molecule has 0 aliphatic heterocycles. The van der Waals surface area contributed by atoms with E-state index in [1.54, 1.807) is 0 Å². The van der Waals surface area contributed by atoms with Crippen LogP contribution in [0.15, 0.2) is 54.6 Å². The lowest BCUT2D eigenvalue weighted by molar-refractivity contribution is 0.441. The van der Waals surface area contributed by atoms with Crippen LogP contribution in [-0.2, 0) is 0 Å². The van der Waals surface area contributed by atoms with Crippen LogP contribution in [0.3, 0.4) is 0 Å². The van der Waals surface area contributed by atoms with Crippen molar-refractivity contribution in [3.8, 4) is 11.5 Å². The molecule has 0 amide bonds. The summed E-state index contributed by atoms with van der Waals surface area (Å²) in [5, 5.41) is 0. The Morgan fingerprint density at radius 3 is 2.17 bits per heavy atom. The number of alkyl halides is 1. The zero-order valence-corrected chi connectivity index (χ0v) is 10.1. The van der Waals surface area contributed by atoms with Gasteiger partial charge in [-0.3, -0.25) is 4.39 Å². The summed E-state index contributed by atoms with van der Waals surface area (Å²) >= 11 is 0. The van der Waals surface area contributed by atoms with Gasteiger partial charge in [-0.1, -0.05) is 30.3 Å². The van der Waals surface area contributed by atoms with Gasteiger partial charge in [-0.25, -0.2) is 0 Å². The van der Waals surface area contributed by atoms with E-state index in [0.29, 0.717) is 6.42 Å². The molecule has 0 aliphatic carbocycles. The summed E-state index contributed by atoms with van der Waals surface area (Å²) < 4.78 is 17.8. The van der Waals surface area contributed by atoms with Crippen LogP contribution in [-0.4, -0.2) is 6.67 Å². The second kappa shape index (κ2) is 6.17. The van der Waals surface area contributed by atoms with Gasteiger partial charge >= 0.3 is 0 Å². The van der Waals surface area contributed by atoms with Gasteiger partial charge in [0.1, 0.15) is 11.5 Å². The van der Waals surface area contributed by atoms with Gasteiger partial charge in [0.05, 0.1) is 6.67 Å². The Labute approximate surface area is 106 Å². The van der Waals surface area contributed by atoms with E-state index in [1.165, 1.54) is 0 Å². The molecule has 1 atom stereocenters. The number of hydrogen-bond acceptors (Lipinski definition) is 2. The molecule has 2 rings (SSSR count). The van der Waals surface area contributed by atoms with Crippen molar-refractivity contribution in [3.63, 3.8) is 0 Å². The molecule has 0 spiro atoms. The van der Waals surface area contributed by atoms with Crippen LogP contribution in [0.1, 0.15) is 18.0 Å². The highest BCUT2D eigenvalue weighted by atomic mass is 19.1. The summed E-state index contributed by atoms with van der Waals surface area (Å²) in [6.07, 6.45) is 0.346. The molecule has 2 aromatic carbocycles. The molecule has 3 heteroatoms. The zero-order valence-electron chi connectivity index (χ0n) is 10.1. The van der Waals surface area contributed by atoms with Crippen molar-refractivity contribution in [2.24, 2.45) is 5.73 Å². The molecule has 0 saturated carbocycles. The number of nitrogens with two attached hydrogens (primary N) is 1. The van der Waals surface area contributed by atoms with Gasteiger partial charge in [-0.2, -0.15) is 0 Å². The normalized spacial score (nSPS) is 12.1. The second-order valence-corrected chi connectivity index (χ2v) is 4.07. The largest absolute Gasteiger partial charge is 0.457 e. The molecule has 0 saturated heterocycles. The van der Waals surface area contributed by atoms with Crippen molar-refractivity contribution >= 4 is 0 Å². The van der Waals surface area contributed by atoms with Gasteiger partial charge in [0.15, 0.2) is 0 Å². The Kier molecular flexibility index (Phi) is 4.31. The highest BCUT2D eigenvalue weighted by Gasteiger charge is 2.05. The number of benzene rings is 2. The van der Waals surface area contributed by atoms with Crippen LogP contribution in [0, 0.1) is 0 Å². The number of para-hydroxylation sites is 1. The van der Waals surface area contributed by atoms with E-state index in [4.69, 9.17) is 10.5 Å². The van der Waals surface area contributed by atoms with Gasteiger partial charge in [0, 0.05) is 6.04 Å². The maximum Gasteiger partial charge on any atom is 0.127 e. The fraction of sp³-hybridized carbons (Fsp3) is 0.200. The molecule has 18 heavy (non-hydrogen) atoms. The average Bonchev–Trinajstić information content (AvgIpc) is 2.41. The topological polar surface area (TPSA) is 35.2 Å². The number of halogens is 1. The second-order valence-electron chi connectivity index (χ2n) is 4.07. The molecule has 2 N–H and O–H groups in total. The number of rotatable bonds is 5. The first-order valence-electron chi connectivity index (χ1n) is 5.94. The SMILES string of the molecule is N[C@@H](CCF)c1ccc(Oc2ccccc2)cc1. The molecule has 0 aromatic heterocycles. The Morgan fingerprint density at radius 1 is 0.944 bits per heavy atom. The maximum atomic E-state index is 12.2. The Bertz CT molecular complexity index is 470. The van der Waals surface area contributed by atoms with Crippen molar-refractivity contribution in [1.29, 1.82) is 0 Å². The van der Waals surface area contributed by atoms with Crippen LogP contribution in [0.2, 0.25) is 0 Å². The minimum Gasteiger partial charge on any atom is -0.457 e. The summed E-state index contributed by atoms with van der Waals surface area (Å²) in [7, 11) is 0. The first-order chi connectivity index (χ1) is 8.79. The fourth-order valence-electron chi connectivity index (χ4n) is 1.69. The van der Waals surface area contributed by atoms with Gasteiger partial charge in [-0.15, -0.1) is 0 Å². The lowest BCUT2D eigenvalue weighted by atomic mass is 10.1. The summed E-state index contributed by atoms with van der Waals surface area (Å²) in [5.74, 6) is 1.54. The lowest BCUT2D eigenvalue weighted by Crippen LogP contribution is -2.10. The highest BCUT2D eigenvalue weighted by molar-refractivity contribution is 5.33. The smallest absolute Gasteiger partial charge is 0.127 e. The molecule has 94 valence electrons. The summed E-state index contributed by atoms with van der Waals surface area (Å²) in [6.45, 7) is -0.399. The molecule has 0 fully saturated rings. The minimum absolute atomic E-state index is 0.249. The summed E-state index contributed by atoms with van der Waals surface area (Å²) in [5.41, 5.74) is 6.75. The van der Waals surface area contributed by atoms with Crippen LogP contribution in [0.4, 0.5) is 4.39 Å². The summed E-state index contributed by atoms with van der Waals surface area (Å²) in [6, 6.07) is 16.7. The van der Waals surface area contributed by atoms with Gasteiger partial charge in [-0.05, 0) is 36.2 Å². The van der Waals surface area contributed by atoms with Crippen LogP contribution in [0.25, 0.3) is 0 Å². The molecule has 0 bridgehead atoms. The molecule has 0 heterocycles. The number of ether oxygens (including phenoxy) is 1.